The van der Waals surface area contributed by atoms with Gasteiger partial charge in [-0.05, 0) is 47.7 Å². The molecule has 16 heteroatoms. The lowest BCUT2D eigenvalue weighted by Gasteiger charge is -2.30. The summed E-state index contributed by atoms with van der Waals surface area (Å²) >= 11 is 0. The molecule has 5 amide bonds. The predicted octanol–water partition coefficient (Wildman–Crippen LogP) is 5.03. The number of aliphatic hydroxyl groups excluding tert-OH is 1. The van der Waals surface area contributed by atoms with Gasteiger partial charge in [0.25, 0.3) is 15.9 Å². The van der Waals surface area contributed by atoms with E-state index in [1.54, 1.807) is 52.1 Å². The normalized spacial score (nSPS) is 19.2. The number of pyridine rings is 1. The SMILES string of the molecule is CCC[C@H](NC(=O)[C@@H]1CC(Oc2cc(-c3ccccc3)nc3cc(OC)ccc23)CN1C(=O)N[C@H](C(=O)N[C@H]1c2ccccc2C[C@H]1O)C(C)C)C(=O)NS(=O)(=O)c1ccccc1. The zero-order valence-electron chi connectivity index (χ0n) is 35.5. The molecule has 63 heavy (non-hydrogen) atoms. The van der Waals surface area contributed by atoms with Gasteiger partial charge in [0.05, 0.1) is 41.9 Å². The lowest BCUT2D eigenvalue weighted by Crippen LogP contribution is -2.58. The summed E-state index contributed by atoms with van der Waals surface area (Å²) < 4.78 is 40.5. The van der Waals surface area contributed by atoms with Gasteiger partial charge in [-0.15, -0.1) is 0 Å². The molecular formula is C47H52N6O9S. The van der Waals surface area contributed by atoms with Crippen LogP contribution in [-0.4, -0.2) is 91.1 Å². The van der Waals surface area contributed by atoms with E-state index in [1.807, 2.05) is 60.7 Å². The summed E-state index contributed by atoms with van der Waals surface area (Å²) in [5.41, 5.74) is 3.75. The monoisotopic (exact) mass is 876 g/mol. The molecule has 1 fully saturated rings. The molecule has 1 saturated heterocycles. The van der Waals surface area contributed by atoms with Crippen molar-refractivity contribution < 1.29 is 42.2 Å². The van der Waals surface area contributed by atoms with Crippen LogP contribution in [0.25, 0.3) is 22.2 Å². The van der Waals surface area contributed by atoms with Crippen LogP contribution in [0.4, 0.5) is 4.79 Å². The Morgan fingerprint density at radius 3 is 2.29 bits per heavy atom. The van der Waals surface area contributed by atoms with Gasteiger partial charge in [0.15, 0.2) is 0 Å². The lowest BCUT2D eigenvalue weighted by molar-refractivity contribution is -0.130. The Bertz CT molecular complexity index is 2580. The third kappa shape index (κ3) is 10.1. The highest BCUT2D eigenvalue weighted by molar-refractivity contribution is 7.90. The van der Waals surface area contributed by atoms with Gasteiger partial charge in [-0.25, -0.2) is 22.9 Å². The number of nitrogens with zero attached hydrogens (tertiary/aromatic N) is 2. The third-order valence-electron chi connectivity index (χ3n) is 11.4. The molecule has 5 N–H and O–H groups in total. The first-order valence-corrected chi connectivity index (χ1v) is 22.5. The van der Waals surface area contributed by atoms with Crippen molar-refractivity contribution in [3.63, 3.8) is 0 Å². The van der Waals surface area contributed by atoms with E-state index in [4.69, 9.17) is 14.5 Å². The molecule has 1 unspecified atom stereocenters. The zero-order valence-corrected chi connectivity index (χ0v) is 36.3. The maximum Gasteiger partial charge on any atom is 0.318 e. The van der Waals surface area contributed by atoms with E-state index < -0.39 is 76.1 Å². The molecule has 0 saturated carbocycles. The van der Waals surface area contributed by atoms with Crippen LogP contribution in [-0.2, 0) is 30.8 Å². The number of methoxy groups -OCH3 is 1. The van der Waals surface area contributed by atoms with Gasteiger partial charge in [0.1, 0.15) is 35.7 Å². The average Bonchev–Trinajstić information content (AvgIpc) is 3.85. The Balaban J connectivity index is 1.17. The summed E-state index contributed by atoms with van der Waals surface area (Å²) in [7, 11) is -2.70. The van der Waals surface area contributed by atoms with E-state index >= 15 is 0 Å². The number of aliphatic hydroxyl groups is 1. The molecule has 2 aliphatic rings. The van der Waals surface area contributed by atoms with Crippen LogP contribution < -0.4 is 30.1 Å². The molecule has 1 aromatic heterocycles. The van der Waals surface area contributed by atoms with Crippen molar-refractivity contribution in [2.24, 2.45) is 5.92 Å². The number of hydrogen-bond acceptors (Lipinski definition) is 10. The van der Waals surface area contributed by atoms with Crippen molar-refractivity contribution >= 4 is 44.7 Å². The largest absolute Gasteiger partial charge is 0.497 e. The zero-order chi connectivity index (χ0) is 44.8. The second-order valence-corrected chi connectivity index (χ2v) is 17.8. The minimum absolute atomic E-state index is 0.0216. The minimum atomic E-state index is -4.26. The quantitative estimate of drug-likeness (QED) is 0.0949. The molecule has 1 aliphatic carbocycles. The number of carbonyl (C=O) groups excluding carboxylic acids is 4. The van der Waals surface area contributed by atoms with Crippen LogP contribution >= 0.6 is 0 Å². The number of fused-ring (bicyclic) bond motifs is 2. The smallest absolute Gasteiger partial charge is 0.318 e. The summed E-state index contributed by atoms with van der Waals surface area (Å²) in [5.74, 6) is -1.55. The second-order valence-electron chi connectivity index (χ2n) is 16.2. The Hall–Kier alpha value is -6.52. The Morgan fingerprint density at radius 2 is 1.59 bits per heavy atom. The van der Waals surface area contributed by atoms with Gasteiger partial charge >= 0.3 is 6.03 Å². The van der Waals surface area contributed by atoms with Crippen molar-refractivity contribution in [1.82, 2.24) is 30.6 Å². The molecule has 0 radical (unpaired) electrons. The minimum Gasteiger partial charge on any atom is -0.497 e. The van der Waals surface area contributed by atoms with Gasteiger partial charge in [0.2, 0.25) is 11.8 Å². The van der Waals surface area contributed by atoms with Gasteiger partial charge in [-0.2, -0.15) is 0 Å². The van der Waals surface area contributed by atoms with Crippen LogP contribution in [0, 0.1) is 5.92 Å². The topological polar surface area (TPSA) is 205 Å². The fraction of sp³-hybridized carbons (Fsp3) is 0.340. The molecule has 330 valence electrons. The molecule has 4 aromatic carbocycles. The Morgan fingerprint density at radius 1 is 0.889 bits per heavy atom. The molecule has 2 heterocycles. The number of urea groups is 1. The van der Waals surface area contributed by atoms with E-state index in [-0.39, 0.29) is 24.3 Å². The molecular weight excluding hydrogens is 825 g/mol. The molecule has 0 spiro atoms. The fourth-order valence-corrected chi connectivity index (χ4v) is 9.16. The summed E-state index contributed by atoms with van der Waals surface area (Å²) in [4.78, 5) is 62.4. The standard InChI is InChI=1S/C47H52N6O9S/c1-5-14-36(44(55)52-63(59,60)33-18-10-7-11-19-33)49-45(56)39-25-32(62-41-26-37(29-15-8-6-9-16-29)48-38-24-31(61-4)21-22-35(38)41)27-53(39)47(58)51-42(28(2)3)46(57)50-43-34-20-13-12-17-30(34)23-40(43)54/h6-13,15-22,24,26,28,32,36,39-40,42-43,54H,5,14,23,25,27H2,1-4H3,(H,49,56)(H,50,57)(H,51,58)(H,52,55)/t32?,36-,39-,40+,42-,43-/m0/s1. The average molecular weight is 877 g/mol. The first-order chi connectivity index (χ1) is 30.3. The number of sulfonamides is 1. The number of ether oxygens (including phenoxy) is 2. The van der Waals surface area contributed by atoms with Crippen molar-refractivity contribution in [3.05, 3.63) is 120 Å². The van der Waals surface area contributed by atoms with E-state index in [0.29, 0.717) is 40.9 Å². The van der Waals surface area contributed by atoms with Crippen molar-refractivity contribution in [2.45, 2.75) is 87.7 Å². The second kappa shape index (κ2) is 19.3. The Labute approximate surface area is 366 Å². The number of hydrogen-bond donors (Lipinski definition) is 5. The maximum absolute atomic E-state index is 14.5. The summed E-state index contributed by atoms with van der Waals surface area (Å²) in [6.07, 6.45) is -0.764. The first-order valence-electron chi connectivity index (χ1n) is 21.0. The highest BCUT2D eigenvalue weighted by Gasteiger charge is 2.44. The van der Waals surface area contributed by atoms with Crippen LogP contribution in [0.5, 0.6) is 11.5 Å². The number of carbonyl (C=O) groups is 4. The molecule has 7 rings (SSSR count). The van der Waals surface area contributed by atoms with Gasteiger partial charge in [0, 0.05) is 35.9 Å². The highest BCUT2D eigenvalue weighted by atomic mass is 32.2. The lowest BCUT2D eigenvalue weighted by atomic mass is 10.0. The summed E-state index contributed by atoms with van der Waals surface area (Å²) in [6.45, 7) is 5.23. The van der Waals surface area contributed by atoms with Crippen molar-refractivity contribution in [2.75, 3.05) is 13.7 Å². The molecule has 6 atom stereocenters. The number of aromatic nitrogens is 1. The molecule has 0 bridgehead atoms. The number of likely N-dealkylation sites (tertiary alicyclic amines) is 1. The van der Waals surface area contributed by atoms with Gasteiger partial charge < -0.3 is 35.4 Å². The van der Waals surface area contributed by atoms with E-state index in [9.17, 15) is 32.7 Å². The van der Waals surface area contributed by atoms with Crippen LogP contribution in [0.2, 0.25) is 0 Å². The predicted molar refractivity (Wildman–Crippen MR) is 236 cm³/mol. The number of benzene rings is 4. The van der Waals surface area contributed by atoms with Gasteiger partial charge in [-0.1, -0.05) is 100.0 Å². The van der Waals surface area contributed by atoms with Crippen molar-refractivity contribution in [1.29, 1.82) is 0 Å². The maximum atomic E-state index is 14.5. The summed E-state index contributed by atoms with van der Waals surface area (Å²) in [6, 6.07) is 26.6. The number of rotatable bonds is 15. The van der Waals surface area contributed by atoms with E-state index in [2.05, 4.69) is 20.7 Å². The van der Waals surface area contributed by atoms with Crippen LogP contribution in [0.1, 0.15) is 57.2 Å². The van der Waals surface area contributed by atoms with Crippen LogP contribution in [0.3, 0.4) is 0 Å². The van der Waals surface area contributed by atoms with E-state index in [1.165, 1.54) is 29.2 Å². The van der Waals surface area contributed by atoms with E-state index in [0.717, 1.165) is 16.7 Å². The number of amides is 5. The van der Waals surface area contributed by atoms with Gasteiger partial charge in [-0.3, -0.25) is 14.4 Å². The third-order valence-corrected chi connectivity index (χ3v) is 12.8. The Kier molecular flexibility index (Phi) is 13.6. The van der Waals surface area contributed by atoms with Crippen LogP contribution in [0.15, 0.2) is 114 Å². The molecule has 5 aromatic rings. The highest BCUT2D eigenvalue weighted by Crippen LogP contribution is 2.35. The molecule has 1 aliphatic heterocycles. The molecule has 15 nitrogen and oxygen atoms in total. The fourth-order valence-electron chi connectivity index (χ4n) is 8.12. The first kappa shape index (κ1) is 44.5. The van der Waals surface area contributed by atoms with Crippen molar-refractivity contribution in [3.8, 4) is 22.8 Å². The summed E-state index contributed by atoms with van der Waals surface area (Å²) in [5, 5.41) is 20.0. The number of nitrogens with one attached hydrogen (secondary N) is 4.